The van der Waals surface area contributed by atoms with Crippen LogP contribution in [0.2, 0.25) is 0 Å². The number of para-hydroxylation sites is 1. The fourth-order valence-electron chi connectivity index (χ4n) is 1.29. The molecule has 0 unspecified atom stereocenters. The highest BCUT2D eigenvalue weighted by Crippen LogP contribution is 2.35. The van der Waals surface area contributed by atoms with Gasteiger partial charge in [-0.1, -0.05) is 6.07 Å². The van der Waals surface area contributed by atoms with E-state index in [-0.39, 0.29) is 5.52 Å². The molecule has 0 aliphatic carbocycles. The van der Waals surface area contributed by atoms with Crippen molar-refractivity contribution in [3.63, 3.8) is 0 Å². The van der Waals surface area contributed by atoms with Crippen molar-refractivity contribution in [1.29, 1.82) is 0 Å². The summed E-state index contributed by atoms with van der Waals surface area (Å²) in [7, 11) is 0. The zero-order valence-electron chi connectivity index (χ0n) is 7.22. The Labute approximate surface area is 82.2 Å². The molecular weight excluding hydrogens is 211 g/mol. The lowest BCUT2D eigenvalue weighted by Crippen LogP contribution is -2.05. The molecule has 0 N–H and O–H groups in total. The molecule has 2 aromatic rings. The fraction of sp³-hybridized carbons (Fsp3) is 0.222. The zero-order chi connectivity index (χ0) is 10.3. The Hall–Kier alpha value is -1.10. The summed E-state index contributed by atoms with van der Waals surface area (Å²) >= 11 is 1.27. The first-order valence-electron chi connectivity index (χ1n) is 3.92. The van der Waals surface area contributed by atoms with Crippen molar-refractivity contribution in [3.05, 3.63) is 28.8 Å². The second-order valence-electron chi connectivity index (χ2n) is 2.88. The van der Waals surface area contributed by atoms with Crippen LogP contribution in [0.1, 0.15) is 10.6 Å². The largest absolute Gasteiger partial charge is 0.418 e. The predicted octanol–water partition coefficient (Wildman–Crippen LogP) is 3.62. The third kappa shape index (κ3) is 1.48. The van der Waals surface area contributed by atoms with E-state index in [1.165, 1.54) is 17.4 Å². The van der Waals surface area contributed by atoms with Crippen LogP contribution < -0.4 is 0 Å². The van der Waals surface area contributed by atoms with Gasteiger partial charge in [0.05, 0.1) is 20.8 Å². The van der Waals surface area contributed by atoms with Crippen molar-refractivity contribution in [2.45, 2.75) is 13.1 Å². The van der Waals surface area contributed by atoms with Gasteiger partial charge in [-0.3, -0.25) is 0 Å². The molecule has 0 saturated carbocycles. The van der Waals surface area contributed by atoms with Crippen LogP contribution in [0.3, 0.4) is 0 Å². The van der Waals surface area contributed by atoms with Crippen LogP contribution in [-0.2, 0) is 6.18 Å². The Morgan fingerprint density at radius 1 is 1.29 bits per heavy atom. The van der Waals surface area contributed by atoms with E-state index < -0.39 is 11.7 Å². The minimum Gasteiger partial charge on any atom is -0.241 e. The van der Waals surface area contributed by atoms with E-state index in [1.807, 2.05) is 0 Å². The van der Waals surface area contributed by atoms with Gasteiger partial charge in [0.2, 0.25) is 0 Å². The van der Waals surface area contributed by atoms with Gasteiger partial charge in [0.1, 0.15) is 0 Å². The summed E-state index contributed by atoms with van der Waals surface area (Å²) < 4.78 is 38.1. The van der Waals surface area contributed by atoms with Crippen molar-refractivity contribution in [1.82, 2.24) is 4.98 Å². The maximum atomic E-state index is 12.5. The van der Waals surface area contributed by atoms with E-state index in [0.717, 1.165) is 6.07 Å². The van der Waals surface area contributed by atoms with E-state index in [2.05, 4.69) is 4.98 Å². The molecular formula is C9H6F3NS. The van der Waals surface area contributed by atoms with Crippen molar-refractivity contribution in [2.24, 2.45) is 0 Å². The first kappa shape index (κ1) is 9.45. The van der Waals surface area contributed by atoms with E-state index in [0.29, 0.717) is 9.71 Å². The molecule has 0 aliphatic rings. The summed E-state index contributed by atoms with van der Waals surface area (Å²) in [5.41, 5.74) is -0.596. The van der Waals surface area contributed by atoms with Gasteiger partial charge in [-0.2, -0.15) is 13.2 Å². The summed E-state index contributed by atoms with van der Waals surface area (Å²) in [5, 5.41) is 0.650. The number of thiazole rings is 1. The monoisotopic (exact) mass is 217 g/mol. The zero-order valence-corrected chi connectivity index (χ0v) is 8.04. The van der Waals surface area contributed by atoms with Gasteiger partial charge in [0.15, 0.2) is 0 Å². The fourth-order valence-corrected chi connectivity index (χ4v) is 2.14. The molecule has 1 aromatic heterocycles. The molecule has 2 rings (SSSR count). The van der Waals surface area contributed by atoms with E-state index >= 15 is 0 Å². The summed E-state index contributed by atoms with van der Waals surface area (Å²) in [6.07, 6.45) is -4.32. The topological polar surface area (TPSA) is 12.9 Å². The van der Waals surface area contributed by atoms with Crippen LogP contribution in [0.4, 0.5) is 13.2 Å². The van der Waals surface area contributed by atoms with Crippen LogP contribution in [0, 0.1) is 6.92 Å². The molecule has 0 bridgehead atoms. The highest BCUT2D eigenvalue weighted by atomic mass is 32.1. The highest BCUT2D eigenvalue weighted by Gasteiger charge is 2.33. The normalized spacial score (nSPS) is 12.3. The molecule has 0 saturated heterocycles. The number of aryl methyl sites for hydroxylation is 1. The van der Waals surface area contributed by atoms with Crippen molar-refractivity contribution < 1.29 is 13.2 Å². The molecule has 1 nitrogen and oxygen atoms in total. The molecule has 1 heterocycles. The molecule has 0 atom stereocenters. The summed E-state index contributed by atoms with van der Waals surface area (Å²) in [5.74, 6) is 0. The third-order valence-electron chi connectivity index (χ3n) is 1.83. The second kappa shape index (κ2) is 2.95. The number of rotatable bonds is 0. The number of fused-ring (bicyclic) bond motifs is 1. The summed E-state index contributed by atoms with van der Waals surface area (Å²) in [6, 6.07) is 4.11. The lowest BCUT2D eigenvalue weighted by Gasteiger charge is -2.05. The lowest BCUT2D eigenvalue weighted by molar-refractivity contribution is -0.136. The Bertz CT molecular complexity index is 472. The summed E-state index contributed by atoms with van der Waals surface area (Å²) in [6.45, 7) is 1.70. The number of aromatic nitrogens is 1. The highest BCUT2D eigenvalue weighted by molar-refractivity contribution is 7.18. The standard InChI is InChI=1S/C9H6F3NS/c1-5-13-8-6(9(10,11)12)3-2-4-7(8)14-5/h2-4H,1H3. The van der Waals surface area contributed by atoms with E-state index in [1.54, 1.807) is 13.0 Å². The van der Waals surface area contributed by atoms with Crippen LogP contribution in [0.25, 0.3) is 10.2 Å². The van der Waals surface area contributed by atoms with Gasteiger partial charge in [-0.15, -0.1) is 11.3 Å². The van der Waals surface area contributed by atoms with Gasteiger partial charge in [0.25, 0.3) is 0 Å². The number of benzene rings is 1. The van der Waals surface area contributed by atoms with Gasteiger partial charge in [-0.25, -0.2) is 4.98 Å². The van der Waals surface area contributed by atoms with Gasteiger partial charge in [0, 0.05) is 0 Å². The predicted molar refractivity (Wildman–Crippen MR) is 49.4 cm³/mol. The maximum Gasteiger partial charge on any atom is 0.418 e. The Morgan fingerprint density at radius 3 is 2.64 bits per heavy atom. The van der Waals surface area contributed by atoms with Crippen molar-refractivity contribution in [2.75, 3.05) is 0 Å². The van der Waals surface area contributed by atoms with Crippen LogP contribution in [0.5, 0.6) is 0 Å². The molecule has 74 valence electrons. The first-order chi connectivity index (χ1) is 6.48. The SMILES string of the molecule is Cc1nc2c(C(F)(F)F)cccc2s1. The van der Waals surface area contributed by atoms with Gasteiger partial charge in [-0.05, 0) is 19.1 Å². The van der Waals surface area contributed by atoms with Gasteiger partial charge < -0.3 is 0 Å². The molecule has 0 spiro atoms. The smallest absolute Gasteiger partial charge is 0.241 e. The quantitative estimate of drug-likeness (QED) is 0.656. The molecule has 14 heavy (non-hydrogen) atoms. The molecule has 0 aliphatic heterocycles. The number of nitrogens with zero attached hydrogens (tertiary/aromatic N) is 1. The number of halogens is 3. The van der Waals surface area contributed by atoms with Crippen LogP contribution >= 0.6 is 11.3 Å². The molecule has 0 radical (unpaired) electrons. The van der Waals surface area contributed by atoms with Crippen LogP contribution in [0.15, 0.2) is 18.2 Å². The maximum absolute atomic E-state index is 12.5. The molecule has 1 aromatic carbocycles. The van der Waals surface area contributed by atoms with E-state index in [9.17, 15) is 13.2 Å². The minimum absolute atomic E-state index is 0.0579. The Morgan fingerprint density at radius 2 is 2.00 bits per heavy atom. The van der Waals surface area contributed by atoms with E-state index in [4.69, 9.17) is 0 Å². The Balaban J connectivity index is 2.77. The van der Waals surface area contributed by atoms with Gasteiger partial charge >= 0.3 is 6.18 Å². The number of hydrogen-bond donors (Lipinski definition) is 0. The minimum atomic E-state index is -4.32. The average molecular weight is 217 g/mol. The molecule has 5 heteroatoms. The molecule has 0 amide bonds. The number of alkyl halides is 3. The first-order valence-corrected chi connectivity index (χ1v) is 4.73. The van der Waals surface area contributed by atoms with Crippen LogP contribution in [-0.4, -0.2) is 4.98 Å². The lowest BCUT2D eigenvalue weighted by atomic mass is 10.2. The second-order valence-corrected chi connectivity index (χ2v) is 4.12. The molecule has 0 fully saturated rings. The number of hydrogen-bond acceptors (Lipinski definition) is 2. The third-order valence-corrected chi connectivity index (χ3v) is 2.77. The van der Waals surface area contributed by atoms with Crippen molar-refractivity contribution in [3.8, 4) is 0 Å². The summed E-state index contributed by atoms with van der Waals surface area (Å²) in [4.78, 5) is 3.88. The Kier molecular flexibility index (Phi) is 1.99. The van der Waals surface area contributed by atoms with Crippen molar-refractivity contribution >= 4 is 21.6 Å². The average Bonchev–Trinajstić information content (AvgIpc) is 2.41.